The summed E-state index contributed by atoms with van der Waals surface area (Å²) in [5.74, 6) is 0. The third kappa shape index (κ3) is 3.35. The van der Waals surface area contributed by atoms with Crippen molar-refractivity contribution in [2.45, 2.75) is 32.9 Å². The normalized spacial score (nSPS) is 11.8. The van der Waals surface area contributed by atoms with E-state index in [2.05, 4.69) is 30.3 Å². The van der Waals surface area contributed by atoms with E-state index in [0.717, 1.165) is 17.8 Å². The van der Waals surface area contributed by atoms with E-state index in [0.29, 0.717) is 18.2 Å². The lowest BCUT2D eigenvalue weighted by Crippen LogP contribution is -2.06. The number of hydrogen-bond donors (Lipinski definition) is 1. The van der Waals surface area contributed by atoms with Crippen LogP contribution in [0.5, 0.6) is 0 Å². The molecule has 0 bridgehead atoms. The Kier molecular flexibility index (Phi) is 4.19. The van der Waals surface area contributed by atoms with Gasteiger partial charge in [-0.25, -0.2) is 0 Å². The van der Waals surface area contributed by atoms with Gasteiger partial charge in [-0.05, 0) is 37.6 Å². The molecule has 2 aromatic rings. The minimum atomic E-state index is 0.427. The average molecular weight is 254 g/mol. The maximum Gasteiger partial charge on any atom is 0.0992 e. The third-order valence-corrected chi connectivity index (χ3v) is 3.17. The van der Waals surface area contributed by atoms with Crippen molar-refractivity contribution >= 4 is 5.69 Å². The molecule has 0 aliphatic rings. The van der Waals surface area contributed by atoms with Crippen LogP contribution in [0.1, 0.15) is 37.6 Å². The molecule has 0 saturated heterocycles. The zero-order valence-electron chi connectivity index (χ0n) is 11.3. The molecule has 1 aromatic heterocycles. The van der Waals surface area contributed by atoms with E-state index in [1.54, 1.807) is 6.07 Å². The third-order valence-electron chi connectivity index (χ3n) is 3.17. The number of benzene rings is 1. The molecule has 4 nitrogen and oxygen atoms in total. The Morgan fingerprint density at radius 1 is 1.42 bits per heavy atom. The van der Waals surface area contributed by atoms with Crippen molar-refractivity contribution in [3.05, 3.63) is 47.8 Å². The number of anilines is 1. The molecule has 1 N–H and O–H groups in total. The lowest BCUT2D eigenvalue weighted by atomic mass is 10.2. The lowest BCUT2D eigenvalue weighted by molar-refractivity contribution is 0.474. The smallest absolute Gasteiger partial charge is 0.0992 e. The second kappa shape index (κ2) is 6.05. The second-order valence-corrected chi connectivity index (χ2v) is 4.59. The van der Waals surface area contributed by atoms with Gasteiger partial charge in [0.05, 0.1) is 23.9 Å². The molecule has 1 heterocycles. The van der Waals surface area contributed by atoms with Gasteiger partial charge in [0.2, 0.25) is 0 Å². The minimum absolute atomic E-state index is 0.427. The summed E-state index contributed by atoms with van der Waals surface area (Å²) in [5, 5.41) is 16.7. The summed E-state index contributed by atoms with van der Waals surface area (Å²) in [6, 6.07) is 12.0. The Morgan fingerprint density at radius 2 is 2.26 bits per heavy atom. The van der Waals surface area contributed by atoms with Crippen molar-refractivity contribution in [2.24, 2.45) is 0 Å². The zero-order chi connectivity index (χ0) is 13.7. The number of nitrogens with zero attached hydrogens (tertiary/aromatic N) is 3. The van der Waals surface area contributed by atoms with Gasteiger partial charge in [0.1, 0.15) is 0 Å². The molecule has 1 atom stereocenters. The minimum Gasteiger partial charge on any atom is -0.379 e. The predicted octanol–water partition coefficient (Wildman–Crippen LogP) is 3.34. The lowest BCUT2D eigenvalue weighted by Gasteiger charge is -2.08. The summed E-state index contributed by atoms with van der Waals surface area (Å²) in [5.41, 5.74) is 2.61. The molecule has 0 spiro atoms. The van der Waals surface area contributed by atoms with E-state index in [1.165, 1.54) is 0 Å². The van der Waals surface area contributed by atoms with Crippen LogP contribution in [-0.2, 0) is 6.54 Å². The summed E-state index contributed by atoms with van der Waals surface area (Å²) in [6.07, 6.45) is 3.08. The van der Waals surface area contributed by atoms with Gasteiger partial charge in [-0.2, -0.15) is 10.4 Å². The maximum absolute atomic E-state index is 8.85. The Hall–Kier alpha value is -2.28. The first-order chi connectivity index (χ1) is 9.22. The number of nitrogens with one attached hydrogen (secondary N) is 1. The first kappa shape index (κ1) is 13.2. The first-order valence-electron chi connectivity index (χ1n) is 6.51. The molecule has 4 heteroatoms. The van der Waals surface area contributed by atoms with Crippen LogP contribution in [0.4, 0.5) is 5.69 Å². The topological polar surface area (TPSA) is 53.6 Å². The van der Waals surface area contributed by atoms with E-state index in [1.807, 2.05) is 35.1 Å². The SMILES string of the molecule is CCC(C)n1ccc(CNc2cccc(C#N)c2)n1. The van der Waals surface area contributed by atoms with Crippen LogP contribution in [0.15, 0.2) is 36.5 Å². The Bertz CT molecular complexity index is 580. The molecule has 1 aromatic carbocycles. The molecule has 0 saturated carbocycles. The standard InChI is InChI=1S/C15H18N4/c1-3-12(2)19-8-7-15(18-19)11-17-14-6-4-5-13(9-14)10-16/h4-9,12,17H,3,11H2,1-2H3. The molecule has 0 radical (unpaired) electrons. The molecule has 2 rings (SSSR count). The summed E-state index contributed by atoms with van der Waals surface area (Å²) < 4.78 is 1.99. The second-order valence-electron chi connectivity index (χ2n) is 4.59. The molecule has 0 amide bonds. The van der Waals surface area contributed by atoms with Gasteiger partial charge in [-0.15, -0.1) is 0 Å². The van der Waals surface area contributed by atoms with Gasteiger partial charge in [-0.3, -0.25) is 4.68 Å². The van der Waals surface area contributed by atoms with Crippen molar-refractivity contribution in [1.82, 2.24) is 9.78 Å². The molecular weight excluding hydrogens is 236 g/mol. The van der Waals surface area contributed by atoms with Crippen LogP contribution >= 0.6 is 0 Å². The summed E-state index contributed by atoms with van der Waals surface area (Å²) >= 11 is 0. The summed E-state index contributed by atoms with van der Waals surface area (Å²) in [6.45, 7) is 4.97. The fourth-order valence-electron chi connectivity index (χ4n) is 1.80. The van der Waals surface area contributed by atoms with Crippen LogP contribution < -0.4 is 5.32 Å². The quantitative estimate of drug-likeness (QED) is 0.890. The highest BCUT2D eigenvalue weighted by molar-refractivity contribution is 5.49. The molecule has 0 aliphatic carbocycles. The van der Waals surface area contributed by atoms with Gasteiger partial charge < -0.3 is 5.32 Å². The van der Waals surface area contributed by atoms with Crippen LogP contribution in [0.25, 0.3) is 0 Å². The zero-order valence-corrected chi connectivity index (χ0v) is 11.3. The maximum atomic E-state index is 8.85. The van der Waals surface area contributed by atoms with E-state index in [9.17, 15) is 0 Å². The Morgan fingerprint density at radius 3 is 3.00 bits per heavy atom. The largest absolute Gasteiger partial charge is 0.379 e. The highest BCUT2D eigenvalue weighted by Crippen LogP contribution is 2.12. The van der Waals surface area contributed by atoms with Gasteiger partial charge >= 0.3 is 0 Å². The Balaban J connectivity index is 1.98. The van der Waals surface area contributed by atoms with Gasteiger partial charge in [-0.1, -0.05) is 13.0 Å². The van der Waals surface area contributed by atoms with Crippen LogP contribution in [0.2, 0.25) is 0 Å². The number of hydrogen-bond acceptors (Lipinski definition) is 3. The van der Waals surface area contributed by atoms with Crippen molar-refractivity contribution in [3.8, 4) is 6.07 Å². The summed E-state index contributed by atoms with van der Waals surface area (Å²) in [7, 11) is 0. The van der Waals surface area contributed by atoms with E-state index < -0.39 is 0 Å². The molecule has 0 fully saturated rings. The highest BCUT2D eigenvalue weighted by atomic mass is 15.3. The van der Waals surface area contributed by atoms with Crippen molar-refractivity contribution in [1.29, 1.82) is 5.26 Å². The molecule has 1 unspecified atom stereocenters. The molecule has 19 heavy (non-hydrogen) atoms. The van der Waals surface area contributed by atoms with Crippen molar-refractivity contribution < 1.29 is 0 Å². The number of rotatable bonds is 5. The first-order valence-corrected chi connectivity index (χ1v) is 6.51. The molecular formula is C15H18N4. The van der Waals surface area contributed by atoms with Crippen molar-refractivity contribution in [3.63, 3.8) is 0 Å². The number of nitriles is 1. The Labute approximate surface area is 113 Å². The van der Waals surface area contributed by atoms with Gasteiger partial charge in [0.15, 0.2) is 0 Å². The van der Waals surface area contributed by atoms with E-state index in [4.69, 9.17) is 5.26 Å². The fourth-order valence-corrected chi connectivity index (χ4v) is 1.80. The fraction of sp³-hybridized carbons (Fsp3) is 0.333. The number of aromatic nitrogens is 2. The summed E-state index contributed by atoms with van der Waals surface area (Å²) in [4.78, 5) is 0. The van der Waals surface area contributed by atoms with E-state index in [-0.39, 0.29) is 0 Å². The average Bonchev–Trinajstić information content (AvgIpc) is 2.93. The van der Waals surface area contributed by atoms with Gasteiger partial charge in [0, 0.05) is 17.9 Å². The van der Waals surface area contributed by atoms with Crippen LogP contribution in [-0.4, -0.2) is 9.78 Å². The monoisotopic (exact) mass is 254 g/mol. The van der Waals surface area contributed by atoms with Crippen molar-refractivity contribution in [2.75, 3.05) is 5.32 Å². The predicted molar refractivity (Wildman–Crippen MR) is 75.7 cm³/mol. The molecule has 98 valence electrons. The molecule has 0 aliphatic heterocycles. The van der Waals surface area contributed by atoms with E-state index >= 15 is 0 Å². The van der Waals surface area contributed by atoms with Crippen LogP contribution in [0.3, 0.4) is 0 Å². The van der Waals surface area contributed by atoms with Crippen LogP contribution in [0, 0.1) is 11.3 Å². The van der Waals surface area contributed by atoms with Gasteiger partial charge in [0.25, 0.3) is 0 Å². The highest BCUT2D eigenvalue weighted by Gasteiger charge is 2.04.